The predicted octanol–water partition coefficient (Wildman–Crippen LogP) is 0.943. The Morgan fingerprint density at radius 2 is 1.77 bits per heavy atom. The highest BCUT2D eigenvalue weighted by molar-refractivity contribution is 5.86. The molecule has 13 heavy (non-hydrogen) atoms. The maximum absolute atomic E-state index is 11.3. The smallest absolute Gasteiger partial charge is 0.149 e. The summed E-state index contributed by atoms with van der Waals surface area (Å²) in [5.74, 6) is 0.265. The van der Waals surface area contributed by atoms with Gasteiger partial charge in [-0.25, -0.2) is 0 Å². The first-order valence-corrected chi connectivity index (χ1v) is 5.12. The molecular weight excluding hydrogens is 164 g/mol. The third kappa shape index (κ3) is 3.08. The van der Waals surface area contributed by atoms with Crippen LogP contribution in [0.1, 0.15) is 33.6 Å². The zero-order valence-corrected chi connectivity index (χ0v) is 9.24. The Labute approximate surface area is 81.3 Å². The maximum Gasteiger partial charge on any atom is 0.149 e. The second-order valence-electron chi connectivity index (χ2n) is 3.14. The van der Waals surface area contributed by atoms with Gasteiger partial charge in [-0.05, 0) is 39.9 Å². The lowest BCUT2D eigenvalue weighted by atomic mass is 9.85. The van der Waals surface area contributed by atoms with Gasteiger partial charge in [0.05, 0.1) is 5.54 Å². The van der Waals surface area contributed by atoms with Crippen LogP contribution in [0.15, 0.2) is 0 Å². The van der Waals surface area contributed by atoms with Crippen molar-refractivity contribution in [2.75, 3.05) is 20.1 Å². The van der Waals surface area contributed by atoms with Crippen molar-refractivity contribution >= 4 is 5.78 Å². The Kier molecular flexibility index (Phi) is 5.91. The van der Waals surface area contributed by atoms with E-state index in [1.807, 2.05) is 20.9 Å². The van der Waals surface area contributed by atoms with Gasteiger partial charge in [0.2, 0.25) is 0 Å². The highest BCUT2D eigenvalue weighted by Gasteiger charge is 2.34. The summed E-state index contributed by atoms with van der Waals surface area (Å²) in [4.78, 5) is 11.3. The van der Waals surface area contributed by atoms with Gasteiger partial charge in [0.1, 0.15) is 5.78 Å². The number of hydrogen-bond donors (Lipinski definition) is 2. The quantitative estimate of drug-likeness (QED) is 0.674. The Balaban J connectivity index is 0.000000671. The van der Waals surface area contributed by atoms with Gasteiger partial charge in [-0.15, -0.1) is 0 Å². The molecule has 1 heterocycles. The van der Waals surface area contributed by atoms with Gasteiger partial charge in [0.25, 0.3) is 0 Å². The molecule has 0 aromatic heterocycles. The molecule has 0 radical (unpaired) electrons. The number of likely N-dealkylation sites (N-methyl/N-ethyl adjacent to an activating group) is 1. The number of piperidine rings is 1. The molecule has 3 nitrogen and oxygen atoms in total. The van der Waals surface area contributed by atoms with E-state index in [4.69, 9.17) is 0 Å². The molecule has 2 N–H and O–H groups in total. The van der Waals surface area contributed by atoms with Crippen LogP contribution in [0.25, 0.3) is 0 Å². The molecule has 0 spiro atoms. The van der Waals surface area contributed by atoms with E-state index in [1.165, 1.54) is 0 Å². The van der Waals surface area contributed by atoms with Crippen LogP contribution in [-0.2, 0) is 4.79 Å². The third-order valence-corrected chi connectivity index (χ3v) is 2.61. The monoisotopic (exact) mass is 186 g/mol. The normalized spacial score (nSPS) is 20.0. The number of nitrogens with one attached hydrogen (secondary N) is 2. The number of Topliss-reactive ketones (excluding diaryl/α,β-unsaturated/α-hetero) is 1. The molecule has 1 saturated heterocycles. The maximum atomic E-state index is 11.3. The molecule has 78 valence electrons. The van der Waals surface area contributed by atoms with Crippen LogP contribution >= 0.6 is 0 Å². The van der Waals surface area contributed by atoms with E-state index in [9.17, 15) is 4.79 Å². The molecule has 0 bridgehead atoms. The number of hydrogen-bond acceptors (Lipinski definition) is 3. The fourth-order valence-corrected chi connectivity index (χ4v) is 1.63. The van der Waals surface area contributed by atoms with E-state index in [0.29, 0.717) is 0 Å². The van der Waals surface area contributed by atoms with Crippen molar-refractivity contribution in [2.24, 2.45) is 0 Å². The lowest BCUT2D eigenvalue weighted by Crippen LogP contribution is -2.55. The van der Waals surface area contributed by atoms with Crippen LogP contribution < -0.4 is 10.6 Å². The molecule has 0 aromatic rings. The highest BCUT2D eigenvalue weighted by atomic mass is 16.1. The average Bonchev–Trinajstić information content (AvgIpc) is 2.21. The minimum Gasteiger partial charge on any atom is -0.317 e. The molecule has 3 heteroatoms. The van der Waals surface area contributed by atoms with E-state index in [1.54, 1.807) is 6.92 Å². The predicted molar refractivity (Wildman–Crippen MR) is 55.9 cm³/mol. The molecule has 0 aromatic carbocycles. The Hall–Kier alpha value is -0.410. The summed E-state index contributed by atoms with van der Waals surface area (Å²) >= 11 is 0. The van der Waals surface area contributed by atoms with Crippen LogP contribution in [0.3, 0.4) is 0 Å². The lowest BCUT2D eigenvalue weighted by molar-refractivity contribution is -0.124. The first-order valence-electron chi connectivity index (χ1n) is 5.12. The summed E-state index contributed by atoms with van der Waals surface area (Å²) in [5, 5.41) is 6.36. The Morgan fingerprint density at radius 1 is 1.31 bits per heavy atom. The van der Waals surface area contributed by atoms with Gasteiger partial charge in [0, 0.05) is 0 Å². The van der Waals surface area contributed by atoms with E-state index >= 15 is 0 Å². The molecule has 1 aliphatic rings. The van der Waals surface area contributed by atoms with Crippen molar-refractivity contribution in [1.29, 1.82) is 0 Å². The van der Waals surface area contributed by atoms with Crippen LogP contribution in [-0.4, -0.2) is 31.5 Å². The van der Waals surface area contributed by atoms with Crippen LogP contribution in [0, 0.1) is 0 Å². The van der Waals surface area contributed by atoms with Crippen molar-refractivity contribution in [3.8, 4) is 0 Å². The summed E-state index contributed by atoms with van der Waals surface area (Å²) in [6, 6.07) is 0. The van der Waals surface area contributed by atoms with Crippen molar-refractivity contribution in [3.63, 3.8) is 0 Å². The van der Waals surface area contributed by atoms with Gasteiger partial charge in [-0.1, -0.05) is 13.8 Å². The summed E-state index contributed by atoms with van der Waals surface area (Å²) in [6.45, 7) is 7.56. The summed E-state index contributed by atoms with van der Waals surface area (Å²) < 4.78 is 0. The molecular formula is C10H22N2O. The van der Waals surface area contributed by atoms with Crippen molar-refractivity contribution in [2.45, 2.75) is 39.2 Å². The standard InChI is InChI=1S/C8H16N2O.C2H6/c1-7(11)8(9-2)3-5-10-6-4-8;1-2/h9-10H,3-6H2,1-2H3;1-2H3. The largest absolute Gasteiger partial charge is 0.317 e. The zero-order valence-electron chi connectivity index (χ0n) is 9.24. The Morgan fingerprint density at radius 3 is 2.00 bits per heavy atom. The Bertz CT molecular complexity index is 151. The van der Waals surface area contributed by atoms with E-state index < -0.39 is 0 Å². The van der Waals surface area contributed by atoms with E-state index in [-0.39, 0.29) is 11.3 Å². The molecule has 0 amide bonds. The SMILES string of the molecule is CC.CNC1(C(C)=O)CCNCC1. The van der Waals surface area contributed by atoms with Crippen LogP contribution in [0.2, 0.25) is 0 Å². The van der Waals surface area contributed by atoms with Gasteiger partial charge in [0.15, 0.2) is 0 Å². The topological polar surface area (TPSA) is 41.1 Å². The van der Waals surface area contributed by atoms with Crippen molar-refractivity contribution < 1.29 is 4.79 Å². The molecule has 0 atom stereocenters. The second kappa shape index (κ2) is 6.11. The molecule has 0 aliphatic carbocycles. The first kappa shape index (κ1) is 12.6. The number of carbonyl (C=O) groups is 1. The zero-order chi connectivity index (χ0) is 10.3. The lowest BCUT2D eigenvalue weighted by Gasteiger charge is -2.34. The van der Waals surface area contributed by atoms with Gasteiger partial charge in [-0.2, -0.15) is 0 Å². The average molecular weight is 186 g/mol. The third-order valence-electron chi connectivity index (χ3n) is 2.61. The highest BCUT2D eigenvalue weighted by Crippen LogP contribution is 2.18. The molecule has 0 saturated carbocycles. The van der Waals surface area contributed by atoms with Gasteiger partial charge < -0.3 is 10.6 Å². The molecule has 1 rings (SSSR count). The van der Waals surface area contributed by atoms with Crippen LogP contribution in [0.4, 0.5) is 0 Å². The molecule has 0 unspecified atom stereocenters. The van der Waals surface area contributed by atoms with E-state index in [0.717, 1.165) is 25.9 Å². The summed E-state index contributed by atoms with van der Waals surface area (Å²) in [7, 11) is 1.87. The van der Waals surface area contributed by atoms with Crippen molar-refractivity contribution in [3.05, 3.63) is 0 Å². The van der Waals surface area contributed by atoms with Crippen LogP contribution in [0.5, 0.6) is 0 Å². The number of ketones is 1. The molecule has 1 fully saturated rings. The number of rotatable bonds is 2. The van der Waals surface area contributed by atoms with Gasteiger partial charge in [-0.3, -0.25) is 4.79 Å². The van der Waals surface area contributed by atoms with Gasteiger partial charge >= 0.3 is 0 Å². The second-order valence-corrected chi connectivity index (χ2v) is 3.14. The molecule has 1 aliphatic heterocycles. The number of carbonyl (C=O) groups excluding carboxylic acids is 1. The summed E-state index contributed by atoms with van der Waals surface area (Å²) in [6.07, 6.45) is 1.83. The fraction of sp³-hybridized carbons (Fsp3) is 0.900. The first-order chi connectivity index (χ1) is 6.21. The van der Waals surface area contributed by atoms with E-state index in [2.05, 4.69) is 10.6 Å². The minimum atomic E-state index is -0.231. The minimum absolute atomic E-state index is 0.231. The summed E-state index contributed by atoms with van der Waals surface area (Å²) in [5.41, 5.74) is -0.231. The fourth-order valence-electron chi connectivity index (χ4n) is 1.63. The van der Waals surface area contributed by atoms with Crippen molar-refractivity contribution in [1.82, 2.24) is 10.6 Å².